The second kappa shape index (κ2) is 5.52. The van der Waals surface area contributed by atoms with Crippen LogP contribution < -0.4 is 4.74 Å². The van der Waals surface area contributed by atoms with Crippen LogP contribution in [-0.2, 0) is 19.1 Å². The highest BCUT2D eigenvalue weighted by Crippen LogP contribution is 2.31. The summed E-state index contributed by atoms with van der Waals surface area (Å²) in [6, 6.07) is 3.57. The largest absolute Gasteiger partial charge is 0.496 e. The minimum absolute atomic E-state index is 0.164. The molecule has 21 heavy (non-hydrogen) atoms. The molecule has 1 aliphatic rings. The molecule has 0 aliphatic carbocycles. The molecule has 1 saturated heterocycles. The van der Waals surface area contributed by atoms with Crippen molar-refractivity contribution in [2.75, 3.05) is 7.11 Å². The molecule has 0 amide bonds. The third-order valence-electron chi connectivity index (χ3n) is 2.93. The second-order valence-electron chi connectivity index (χ2n) is 5.08. The van der Waals surface area contributed by atoms with Crippen LogP contribution in [0.1, 0.15) is 25.0 Å². The van der Waals surface area contributed by atoms with Gasteiger partial charge in [0.2, 0.25) is 0 Å². The number of carbonyl (C=O) groups is 2. The molecular weight excluding hydrogens is 340 g/mol. The molecule has 0 spiro atoms. The summed E-state index contributed by atoms with van der Waals surface area (Å²) in [6.45, 7) is 4.92. The van der Waals surface area contributed by atoms with Gasteiger partial charge in [0.1, 0.15) is 11.3 Å². The first-order valence-electron chi connectivity index (χ1n) is 6.26. The van der Waals surface area contributed by atoms with Crippen LogP contribution in [0.15, 0.2) is 22.2 Å². The third-order valence-corrected chi connectivity index (χ3v) is 3.78. The lowest BCUT2D eigenvalue weighted by Gasteiger charge is -2.29. The van der Waals surface area contributed by atoms with Crippen LogP contribution in [0.4, 0.5) is 0 Å². The maximum absolute atomic E-state index is 11.9. The third kappa shape index (κ3) is 3.26. The fraction of sp³-hybridized carbons (Fsp3) is 0.333. The van der Waals surface area contributed by atoms with Crippen molar-refractivity contribution in [1.82, 2.24) is 0 Å². The average Bonchev–Trinajstić information content (AvgIpc) is 2.36. The van der Waals surface area contributed by atoms with Gasteiger partial charge < -0.3 is 14.2 Å². The maximum atomic E-state index is 11.9. The summed E-state index contributed by atoms with van der Waals surface area (Å²) < 4.78 is 16.2. The SMILES string of the molecule is COc1cc(C)c(Br)cc1C=C1C(=O)OC(C)(C)OC1=O. The van der Waals surface area contributed by atoms with Gasteiger partial charge in [0, 0.05) is 23.9 Å². The number of methoxy groups -OCH3 is 1. The van der Waals surface area contributed by atoms with E-state index in [1.807, 2.05) is 6.92 Å². The lowest BCUT2D eigenvalue weighted by atomic mass is 10.1. The van der Waals surface area contributed by atoms with Crippen molar-refractivity contribution < 1.29 is 23.8 Å². The van der Waals surface area contributed by atoms with E-state index >= 15 is 0 Å². The monoisotopic (exact) mass is 354 g/mol. The summed E-state index contributed by atoms with van der Waals surface area (Å²) in [5.74, 6) is -2.12. The van der Waals surface area contributed by atoms with E-state index in [2.05, 4.69) is 15.9 Å². The van der Waals surface area contributed by atoms with Gasteiger partial charge in [0.25, 0.3) is 5.79 Å². The lowest BCUT2D eigenvalue weighted by molar-refractivity contribution is -0.222. The van der Waals surface area contributed by atoms with E-state index in [9.17, 15) is 9.59 Å². The number of hydrogen-bond acceptors (Lipinski definition) is 5. The molecule has 0 N–H and O–H groups in total. The zero-order valence-corrected chi connectivity index (χ0v) is 13.7. The second-order valence-corrected chi connectivity index (χ2v) is 5.93. The molecule has 0 unspecified atom stereocenters. The number of carbonyl (C=O) groups excluding carboxylic acids is 2. The summed E-state index contributed by atoms with van der Waals surface area (Å²) in [4.78, 5) is 23.9. The van der Waals surface area contributed by atoms with Gasteiger partial charge in [-0.2, -0.15) is 0 Å². The van der Waals surface area contributed by atoms with E-state index < -0.39 is 17.7 Å². The van der Waals surface area contributed by atoms with Crippen LogP contribution >= 0.6 is 15.9 Å². The molecule has 0 atom stereocenters. The van der Waals surface area contributed by atoms with Crippen molar-refractivity contribution in [3.8, 4) is 5.75 Å². The van der Waals surface area contributed by atoms with Crippen LogP contribution in [0.3, 0.4) is 0 Å². The van der Waals surface area contributed by atoms with E-state index in [0.29, 0.717) is 11.3 Å². The minimum atomic E-state index is -1.25. The van der Waals surface area contributed by atoms with Crippen LogP contribution in [0.5, 0.6) is 5.75 Å². The summed E-state index contributed by atoms with van der Waals surface area (Å²) >= 11 is 3.41. The molecule has 1 heterocycles. The molecule has 0 radical (unpaired) electrons. The first kappa shape index (κ1) is 15.6. The van der Waals surface area contributed by atoms with Crippen LogP contribution in [0.2, 0.25) is 0 Å². The Morgan fingerprint density at radius 2 is 1.76 bits per heavy atom. The highest BCUT2D eigenvalue weighted by Gasteiger charge is 2.39. The Bertz CT molecular complexity index is 624. The average molecular weight is 355 g/mol. The number of rotatable bonds is 2. The molecule has 0 aromatic heterocycles. The zero-order chi connectivity index (χ0) is 15.8. The molecule has 1 fully saturated rings. The van der Waals surface area contributed by atoms with Crippen molar-refractivity contribution in [2.45, 2.75) is 26.6 Å². The maximum Gasteiger partial charge on any atom is 0.348 e. The Morgan fingerprint density at radius 1 is 1.19 bits per heavy atom. The molecule has 1 aliphatic heterocycles. The lowest BCUT2D eigenvalue weighted by Crippen LogP contribution is -2.41. The number of aryl methyl sites for hydroxylation is 1. The first-order chi connectivity index (χ1) is 9.73. The van der Waals surface area contributed by atoms with E-state index in [4.69, 9.17) is 14.2 Å². The predicted molar refractivity (Wildman–Crippen MR) is 79.7 cm³/mol. The fourth-order valence-electron chi connectivity index (χ4n) is 1.89. The van der Waals surface area contributed by atoms with Crippen molar-refractivity contribution in [3.63, 3.8) is 0 Å². The van der Waals surface area contributed by atoms with Crippen molar-refractivity contribution in [2.24, 2.45) is 0 Å². The zero-order valence-electron chi connectivity index (χ0n) is 12.2. The van der Waals surface area contributed by atoms with Gasteiger partial charge >= 0.3 is 11.9 Å². The van der Waals surface area contributed by atoms with Gasteiger partial charge in [-0.15, -0.1) is 0 Å². The fourth-order valence-corrected chi connectivity index (χ4v) is 2.26. The molecule has 0 saturated carbocycles. The molecule has 112 valence electrons. The molecule has 5 nitrogen and oxygen atoms in total. The quantitative estimate of drug-likeness (QED) is 0.464. The van der Waals surface area contributed by atoms with Crippen molar-refractivity contribution in [3.05, 3.63) is 33.3 Å². The van der Waals surface area contributed by atoms with Gasteiger partial charge in [-0.05, 0) is 30.7 Å². The Labute approximate surface area is 131 Å². The summed E-state index contributed by atoms with van der Waals surface area (Å²) in [5, 5.41) is 0. The summed E-state index contributed by atoms with van der Waals surface area (Å²) in [5.41, 5.74) is 1.39. The van der Waals surface area contributed by atoms with Crippen LogP contribution in [-0.4, -0.2) is 24.8 Å². The number of hydrogen-bond donors (Lipinski definition) is 0. The first-order valence-corrected chi connectivity index (χ1v) is 7.05. The Morgan fingerprint density at radius 3 is 2.29 bits per heavy atom. The van der Waals surface area contributed by atoms with Crippen LogP contribution in [0.25, 0.3) is 6.08 Å². The standard InChI is InChI=1S/C15H15BrO5/c1-8-5-12(19-4)9(7-11(8)16)6-10-13(17)20-15(2,3)21-14(10)18/h5-7H,1-4H3. The van der Waals surface area contributed by atoms with Gasteiger partial charge in [0.15, 0.2) is 0 Å². The minimum Gasteiger partial charge on any atom is -0.496 e. The van der Waals surface area contributed by atoms with E-state index in [0.717, 1.165) is 10.0 Å². The molecule has 0 bridgehead atoms. The van der Waals surface area contributed by atoms with Gasteiger partial charge in [-0.1, -0.05) is 15.9 Å². The Kier molecular flexibility index (Phi) is 4.09. The molecular formula is C15H15BrO5. The van der Waals surface area contributed by atoms with Gasteiger partial charge in [-0.25, -0.2) is 9.59 Å². The molecule has 6 heteroatoms. The highest BCUT2D eigenvalue weighted by atomic mass is 79.9. The number of benzene rings is 1. The van der Waals surface area contributed by atoms with E-state index in [1.165, 1.54) is 27.0 Å². The Hall–Kier alpha value is -1.82. The molecule has 1 aromatic rings. The Balaban J connectivity index is 2.47. The number of cyclic esters (lactones) is 2. The topological polar surface area (TPSA) is 61.8 Å². The smallest absolute Gasteiger partial charge is 0.348 e. The number of esters is 2. The van der Waals surface area contributed by atoms with Crippen LogP contribution in [0, 0.1) is 6.92 Å². The predicted octanol–water partition coefficient (Wildman–Crippen LogP) is 2.99. The van der Waals surface area contributed by atoms with E-state index in [-0.39, 0.29) is 5.57 Å². The normalized spacial score (nSPS) is 17.1. The van der Waals surface area contributed by atoms with Crippen molar-refractivity contribution in [1.29, 1.82) is 0 Å². The van der Waals surface area contributed by atoms with E-state index in [1.54, 1.807) is 12.1 Å². The number of halogens is 1. The summed E-state index contributed by atoms with van der Waals surface area (Å²) in [6.07, 6.45) is 1.41. The molecule has 1 aromatic carbocycles. The number of ether oxygens (including phenoxy) is 3. The summed E-state index contributed by atoms with van der Waals surface area (Å²) in [7, 11) is 1.52. The van der Waals surface area contributed by atoms with Crippen molar-refractivity contribution >= 4 is 33.9 Å². The van der Waals surface area contributed by atoms with Gasteiger partial charge in [0.05, 0.1) is 7.11 Å². The molecule has 2 rings (SSSR count). The highest BCUT2D eigenvalue weighted by molar-refractivity contribution is 9.10. The van der Waals surface area contributed by atoms with Gasteiger partial charge in [-0.3, -0.25) is 0 Å².